The lowest BCUT2D eigenvalue weighted by molar-refractivity contribution is -0.139. The van der Waals surface area contributed by atoms with Gasteiger partial charge in [-0.3, -0.25) is 14.4 Å². The zero-order valence-corrected chi connectivity index (χ0v) is 21.2. The zero-order valence-electron chi connectivity index (χ0n) is 21.2. The van der Waals surface area contributed by atoms with Crippen molar-refractivity contribution in [3.63, 3.8) is 0 Å². The normalized spacial score (nSPS) is 17.1. The molecular weight excluding hydrogens is 485 g/mol. The Bertz CT molecular complexity index is 1500. The van der Waals surface area contributed by atoms with Gasteiger partial charge in [-0.1, -0.05) is 36.4 Å². The second kappa shape index (κ2) is 10.5. The van der Waals surface area contributed by atoms with Crippen LogP contribution in [0.3, 0.4) is 0 Å². The largest absolute Gasteiger partial charge is 0.350 e. The van der Waals surface area contributed by atoms with E-state index in [0.29, 0.717) is 28.8 Å². The van der Waals surface area contributed by atoms with E-state index in [1.54, 1.807) is 30.1 Å². The Kier molecular flexibility index (Phi) is 7.00. The molecule has 2 aromatic heterocycles. The van der Waals surface area contributed by atoms with Crippen LogP contribution in [0.1, 0.15) is 35.1 Å². The van der Waals surface area contributed by atoms with Crippen molar-refractivity contribution in [3.05, 3.63) is 84.1 Å². The average molecular weight is 514 g/mol. The lowest BCUT2D eigenvalue weighted by atomic mass is 10.0. The summed E-state index contributed by atoms with van der Waals surface area (Å²) in [7, 11) is 0. The topological polar surface area (TPSA) is 97.2 Å². The fourth-order valence-corrected chi connectivity index (χ4v) is 4.88. The first-order chi connectivity index (χ1) is 18.3. The maximum atomic E-state index is 14.4. The first kappa shape index (κ1) is 25.3. The number of aromatic nitrogens is 3. The Labute approximate surface area is 219 Å². The highest BCUT2D eigenvalue weighted by Crippen LogP contribution is 2.29. The Morgan fingerprint density at radius 3 is 2.50 bits per heavy atom. The van der Waals surface area contributed by atoms with Gasteiger partial charge >= 0.3 is 0 Å². The summed E-state index contributed by atoms with van der Waals surface area (Å²) in [6.45, 7) is 3.32. The van der Waals surface area contributed by atoms with E-state index in [9.17, 15) is 18.8 Å². The van der Waals surface area contributed by atoms with E-state index < -0.39 is 12.2 Å². The maximum absolute atomic E-state index is 14.4. The number of ketones is 1. The van der Waals surface area contributed by atoms with Gasteiger partial charge in [-0.25, -0.2) is 14.4 Å². The minimum absolute atomic E-state index is 0.0422. The third-order valence-corrected chi connectivity index (χ3v) is 6.86. The lowest BCUT2D eigenvalue weighted by Gasteiger charge is -2.24. The minimum Gasteiger partial charge on any atom is -0.350 e. The number of fused-ring (bicyclic) bond motifs is 1. The van der Waals surface area contributed by atoms with E-state index in [1.165, 1.54) is 11.8 Å². The Morgan fingerprint density at radius 1 is 1.05 bits per heavy atom. The van der Waals surface area contributed by atoms with Gasteiger partial charge in [0.25, 0.3) is 0 Å². The van der Waals surface area contributed by atoms with Crippen LogP contribution in [0.2, 0.25) is 0 Å². The molecule has 8 nitrogen and oxygen atoms in total. The molecule has 1 aliphatic heterocycles. The zero-order chi connectivity index (χ0) is 26.8. The third kappa shape index (κ3) is 5.18. The van der Waals surface area contributed by atoms with E-state index in [2.05, 4.69) is 15.3 Å². The van der Waals surface area contributed by atoms with Gasteiger partial charge in [0.1, 0.15) is 24.6 Å². The molecular formula is C29H28FN5O3. The molecule has 0 radical (unpaired) electrons. The van der Waals surface area contributed by atoms with Crippen molar-refractivity contribution in [1.29, 1.82) is 0 Å². The number of halogens is 1. The van der Waals surface area contributed by atoms with Crippen molar-refractivity contribution in [2.45, 2.75) is 45.6 Å². The highest BCUT2D eigenvalue weighted by atomic mass is 19.1. The van der Waals surface area contributed by atoms with Crippen molar-refractivity contribution in [3.8, 4) is 11.1 Å². The maximum Gasteiger partial charge on any atom is 0.243 e. The van der Waals surface area contributed by atoms with Crippen LogP contribution in [-0.2, 0) is 22.7 Å². The highest BCUT2D eigenvalue weighted by molar-refractivity contribution is 6.08. The van der Waals surface area contributed by atoms with Crippen LogP contribution in [0.15, 0.2) is 67.1 Å². The van der Waals surface area contributed by atoms with E-state index in [0.717, 1.165) is 16.7 Å². The summed E-state index contributed by atoms with van der Waals surface area (Å²) in [5, 5.41) is 3.52. The molecule has 1 N–H and O–H groups in total. The number of hydrogen-bond donors (Lipinski definition) is 1. The van der Waals surface area contributed by atoms with Gasteiger partial charge in [0.2, 0.25) is 11.8 Å². The van der Waals surface area contributed by atoms with Gasteiger partial charge < -0.3 is 14.8 Å². The quantitative estimate of drug-likeness (QED) is 0.379. The summed E-state index contributed by atoms with van der Waals surface area (Å²) in [4.78, 5) is 48.5. The molecule has 0 spiro atoms. The van der Waals surface area contributed by atoms with Gasteiger partial charge in [-0.05, 0) is 37.1 Å². The standard InChI is InChI=1S/C29H28FN5O3/c1-18(36)25-16-34(26-9-8-21(10-24(25)26)22-13-31-19(2)32-14-22)17-28(37)35-15-23(30)11-27(35)29(38)33-12-20-6-4-3-5-7-20/h3-10,13-14,16,23,27H,11-12,15,17H2,1-2H3,(H,33,38)/t23-,27+/m1/s1. The van der Waals surface area contributed by atoms with Crippen molar-refractivity contribution in [2.24, 2.45) is 0 Å². The molecule has 0 saturated carbocycles. The molecule has 1 fully saturated rings. The predicted octanol–water partition coefficient (Wildman–Crippen LogP) is 3.86. The predicted molar refractivity (Wildman–Crippen MR) is 141 cm³/mol. The number of aryl methyl sites for hydroxylation is 1. The van der Waals surface area contributed by atoms with Gasteiger partial charge in [0, 0.05) is 53.6 Å². The molecule has 2 atom stereocenters. The second-order valence-corrected chi connectivity index (χ2v) is 9.58. The first-order valence-corrected chi connectivity index (χ1v) is 12.5. The summed E-state index contributed by atoms with van der Waals surface area (Å²) < 4.78 is 16.1. The van der Waals surface area contributed by atoms with Crippen LogP contribution < -0.4 is 5.32 Å². The van der Waals surface area contributed by atoms with E-state index in [1.807, 2.05) is 48.5 Å². The summed E-state index contributed by atoms with van der Waals surface area (Å²) in [6.07, 6.45) is 3.77. The average Bonchev–Trinajstić information content (AvgIpc) is 3.49. The summed E-state index contributed by atoms with van der Waals surface area (Å²) in [5.74, 6) is -0.239. The van der Waals surface area contributed by atoms with Crippen molar-refractivity contribution >= 4 is 28.5 Å². The van der Waals surface area contributed by atoms with Gasteiger partial charge in [0.15, 0.2) is 5.78 Å². The van der Waals surface area contributed by atoms with Crippen molar-refractivity contribution in [1.82, 2.24) is 24.8 Å². The van der Waals surface area contributed by atoms with E-state index in [-0.39, 0.29) is 37.1 Å². The third-order valence-electron chi connectivity index (χ3n) is 6.86. The van der Waals surface area contributed by atoms with Crippen molar-refractivity contribution in [2.75, 3.05) is 6.54 Å². The van der Waals surface area contributed by atoms with Crippen LogP contribution in [0.4, 0.5) is 4.39 Å². The molecule has 38 heavy (non-hydrogen) atoms. The van der Waals surface area contributed by atoms with Crippen LogP contribution >= 0.6 is 0 Å². The van der Waals surface area contributed by atoms with Gasteiger partial charge in [-0.15, -0.1) is 0 Å². The lowest BCUT2D eigenvalue weighted by Crippen LogP contribution is -2.46. The molecule has 2 aromatic carbocycles. The Balaban J connectivity index is 1.37. The van der Waals surface area contributed by atoms with E-state index >= 15 is 0 Å². The van der Waals surface area contributed by atoms with Crippen LogP contribution in [0, 0.1) is 6.92 Å². The number of amides is 2. The molecule has 0 bridgehead atoms. The number of alkyl halides is 1. The molecule has 9 heteroatoms. The molecule has 0 unspecified atom stereocenters. The Morgan fingerprint density at radius 2 is 1.79 bits per heavy atom. The molecule has 5 rings (SSSR count). The number of benzene rings is 2. The smallest absolute Gasteiger partial charge is 0.243 e. The molecule has 194 valence electrons. The summed E-state index contributed by atoms with van der Waals surface area (Å²) >= 11 is 0. The van der Waals surface area contributed by atoms with Gasteiger partial charge in [0.05, 0.1) is 6.54 Å². The second-order valence-electron chi connectivity index (χ2n) is 9.58. The molecule has 2 amide bonds. The number of Topliss-reactive ketones (excluding diaryl/α,β-unsaturated/α-hetero) is 1. The molecule has 1 aliphatic rings. The number of nitrogens with one attached hydrogen (secondary N) is 1. The molecule has 0 aliphatic carbocycles. The van der Waals surface area contributed by atoms with Gasteiger partial charge in [-0.2, -0.15) is 0 Å². The Hall–Kier alpha value is -4.40. The summed E-state index contributed by atoms with van der Waals surface area (Å²) in [5.41, 5.74) is 3.75. The minimum atomic E-state index is -1.28. The number of nitrogens with zero attached hydrogens (tertiary/aromatic N) is 4. The summed E-state index contributed by atoms with van der Waals surface area (Å²) in [6, 6.07) is 14.1. The van der Waals surface area contributed by atoms with Crippen LogP contribution in [0.5, 0.6) is 0 Å². The van der Waals surface area contributed by atoms with Crippen LogP contribution in [0.25, 0.3) is 22.0 Å². The number of likely N-dealkylation sites (tertiary alicyclic amines) is 1. The SMILES string of the molecule is CC(=O)c1cn(CC(=O)N2C[C@H](F)C[C@H]2C(=O)NCc2ccccc2)c2ccc(-c3cnc(C)nc3)cc12. The number of rotatable bonds is 7. The first-order valence-electron chi connectivity index (χ1n) is 12.5. The molecule has 1 saturated heterocycles. The monoisotopic (exact) mass is 513 g/mol. The number of hydrogen-bond acceptors (Lipinski definition) is 5. The molecule has 3 heterocycles. The van der Waals surface area contributed by atoms with Crippen molar-refractivity contribution < 1.29 is 18.8 Å². The fraction of sp³-hybridized carbons (Fsp3) is 0.276. The molecule has 4 aromatic rings. The number of carbonyl (C=O) groups is 3. The van der Waals surface area contributed by atoms with Crippen LogP contribution in [-0.4, -0.2) is 55.8 Å². The fourth-order valence-electron chi connectivity index (χ4n) is 4.88. The highest BCUT2D eigenvalue weighted by Gasteiger charge is 2.39. The van der Waals surface area contributed by atoms with E-state index in [4.69, 9.17) is 0 Å². The number of carbonyl (C=O) groups excluding carboxylic acids is 3.